The summed E-state index contributed by atoms with van der Waals surface area (Å²) in [5.74, 6) is 0.915. The molecule has 82 valence electrons. The quantitative estimate of drug-likeness (QED) is 0.583. The SMILES string of the molecule is CN1CC2CCC1CN(C(C)(C)C)C2. The molecule has 2 nitrogen and oxygen atoms in total. The smallest absolute Gasteiger partial charge is 0.0220 e. The van der Waals surface area contributed by atoms with Gasteiger partial charge in [-0.25, -0.2) is 0 Å². The highest BCUT2D eigenvalue weighted by Crippen LogP contribution is 2.30. The molecule has 0 aliphatic carbocycles. The van der Waals surface area contributed by atoms with Crippen LogP contribution in [0.4, 0.5) is 0 Å². The second-order valence-electron chi connectivity index (χ2n) is 6.11. The minimum atomic E-state index is 0.353. The lowest BCUT2D eigenvalue weighted by Crippen LogP contribution is -2.46. The summed E-state index contributed by atoms with van der Waals surface area (Å²) in [6.45, 7) is 10.9. The second kappa shape index (κ2) is 3.49. The van der Waals surface area contributed by atoms with Gasteiger partial charge in [-0.1, -0.05) is 0 Å². The first-order valence-corrected chi connectivity index (χ1v) is 5.92. The summed E-state index contributed by atoms with van der Waals surface area (Å²) in [5.41, 5.74) is 0.353. The number of rotatable bonds is 0. The van der Waals surface area contributed by atoms with Crippen LogP contribution in [0.5, 0.6) is 0 Å². The van der Waals surface area contributed by atoms with E-state index in [1.807, 2.05) is 0 Å². The molecule has 3 aliphatic heterocycles. The maximum Gasteiger partial charge on any atom is 0.0220 e. The number of piperidine rings is 1. The molecule has 14 heavy (non-hydrogen) atoms. The third-order valence-electron chi connectivity index (χ3n) is 3.94. The molecule has 3 fully saturated rings. The van der Waals surface area contributed by atoms with E-state index in [2.05, 4.69) is 37.6 Å². The summed E-state index contributed by atoms with van der Waals surface area (Å²) in [4.78, 5) is 5.25. The first-order valence-electron chi connectivity index (χ1n) is 5.92. The van der Waals surface area contributed by atoms with E-state index in [1.165, 1.54) is 32.5 Å². The Morgan fingerprint density at radius 2 is 1.71 bits per heavy atom. The van der Waals surface area contributed by atoms with Gasteiger partial charge < -0.3 is 4.90 Å². The molecular formula is C12H24N2. The summed E-state index contributed by atoms with van der Waals surface area (Å²) in [6, 6.07) is 0.813. The second-order valence-corrected chi connectivity index (χ2v) is 6.11. The predicted molar refractivity (Wildman–Crippen MR) is 60.5 cm³/mol. The van der Waals surface area contributed by atoms with Crippen LogP contribution in [0.25, 0.3) is 0 Å². The predicted octanol–water partition coefficient (Wildman–Crippen LogP) is 1.81. The first kappa shape index (κ1) is 10.4. The van der Waals surface area contributed by atoms with Crippen molar-refractivity contribution < 1.29 is 0 Å². The van der Waals surface area contributed by atoms with Crippen LogP contribution >= 0.6 is 0 Å². The van der Waals surface area contributed by atoms with E-state index in [0.717, 1.165) is 12.0 Å². The third kappa shape index (κ3) is 1.96. The average molecular weight is 196 g/mol. The van der Waals surface area contributed by atoms with Gasteiger partial charge in [0.1, 0.15) is 0 Å². The van der Waals surface area contributed by atoms with Gasteiger partial charge in [-0.3, -0.25) is 4.90 Å². The molecule has 0 N–H and O–H groups in total. The maximum absolute atomic E-state index is 2.68. The van der Waals surface area contributed by atoms with E-state index in [9.17, 15) is 0 Å². The molecular weight excluding hydrogens is 172 g/mol. The minimum Gasteiger partial charge on any atom is -0.302 e. The van der Waals surface area contributed by atoms with Gasteiger partial charge in [0.15, 0.2) is 0 Å². The summed E-state index contributed by atoms with van der Waals surface area (Å²) in [7, 11) is 2.29. The number of fused-ring (bicyclic) bond motifs is 4. The van der Waals surface area contributed by atoms with Crippen LogP contribution in [0, 0.1) is 5.92 Å². The van der Waals surface area contributed by atoms with E-state index >= 15 is 0 Å². The van der Waals surface area contributed by atoms with Crippen LogP contribution in [-0.4, -0.2) is 48.1 Å². The Kier molecular flexibility index (Phi) is 2.61. The molecule has 0 aromatic rings. The normalized spacial score (nSPS) is 36.0. The van der Waals surface area contributed by atoms with Crippen molar-refractivity contribution in [1.29, 1.82) is 0 Å². The van der Waals surface area contributed by atoms with Crippen molar-refractivity contribution in [2.45, 2.75) is 45.2 Å². The summed E-state index contributed by atoms with van der Waals surface area (Å²) >= 11 is 0. The molecule has 0 amide bonds. The minimum absolute atomic E-state index is 0.353. The average Bonchev–Trinajstić information content (AvgIpc) is 2.33. The fourth-order valence-corrected chi connectivity index (χ4v) is 2.86. The van der Waals surface area contributed by atoms with E-state index in [0.29, 0.717) is 5.54 Å². The zero-order valence-electron chi connectivity index (χ0n) is 10.1. The summed E-state index contributed by atoms with van der Waals surface area (Å²) in [6.07, 6.45) is 2.86. The van der Waals surface area contributed by atoms with Gasteiger partial charge in [0.25, 0.3) is 0 Å². The highest BCUT2D eigenvalue weighted by molar-refractivity contribution is 4.92. The molecule has 2 atom stereocenters. The van der Waals surface area contributed by atoms with Gasteiger partial charge in [-0.2, -0.15) is 0 Å². The summed E-state index contributed by atoms with van der Waals surface area (Å²) in [5, 5.41) is 0. The Hall–Kier alpha value is -0.0800. The van der Waals surface area contributed by atoms with Crippen molar-refractivity contribution in [3.63, 3.8) is 0 Å². The van der Waals surface area contributed by atoms with Gasteiger partial charge in [0.2, 0.25) is 0 Å². The van der Waals surface area contributed by atoms with Crippen LogP contribution in [-0.2, 0) is 0 Å². The zero-order chi connectivity index (χ0) is 10.3. The molecule has 0 spiro atoms. The van der Waals surface area contributed by atoms with Crippen LogP contribution in [0.15, 0.2) is 0 Å². The van der Waals surface area contributed by atoms with Gasteiger partial charge >= 0.3 is 0 Å². The van der Waals surface area contributed by atoms with Gasteiger partial charge in [0, 0.05) is 31.2 Å². The standard InChI is InChI=1S/C12H24N2/c1-12(2,3)14-8-10-5-6-11(9-14)13(4)7-10/h10-11H,5-9H2,1-4H3. The van der Waals surface area contributed by atoms with Crippen LogP contribution in [0.3, 0.4) is 0 Å². The Labute approximate surface area is 88.3 Å². The van der Waals surface area contributed by atoms with Crippen LogP contribution in [0.2, 0.25) is 0 Å². The highest BCUT2D eigenvalue weighted by Gasteiger charge is 2.36. The van der Waals surface area contributed by atoms with Gasteiger partial charge in [-0.05, 0) is 46.6 Å². The molecule has 0 saturated carbocycles. The Balaban J connectivity index is 2.11. The molecule has 0 radical (unpaired) electrons. The third-order valence-corrected chi connectivity index (χ3v) is 3.94. The van der Waals surface area contributed by atoms with E-state index in [1.54, 1.807) is 0 Å². The van der Waals surface area contributed by atoms with Crippen LogP contribution in [0.1, 0.15) is 33.6 Å². The van der Waals surface area contributed by atoms with E-state index < -0.39 is 0 Å². The summed E-state index contributed by atoms with van der Waals surface area (Å²) < 4.78 is 0. The lowest BCUT2D eigenvalue weighted by atomic mass is 9.96. The van der Waals surface area contributed by atoms with Gasteiger partial charge in [-0.15, -0.1) is 0 Å². The van der Waals surface area contributed by atoms with E-state index in [-0.39, 0.29) is 0 Å². The number of likely N-dealkylation sites (N-methyl/N-ethyl adjacent to an activating group) is 1. The maximum atomic E-state index is 2.68. The number of hydrogen-bond donors (Lipinski definition) is 0. The van der Waals surface area contributed by atoms with Crippen molar-refractivity contribution in [2.24, 2.45) is 5.92 Å². The van der Waals surface area contributed by atoms with Crippen molar-refractivity contribution >= 4 is 0 Å². The van der Waals surface area contributed by atoms with Gasteiger partial charge in [0.05, 0.1) is 0 Å². The zero-order valence-corrected chi connectivity index (χ0v) is 10.1. The molecule has 3 aliphatic rings. The molecule has 2 bridgehead atoms. The molecule has 3 heterocycles. The highest BCUT2D eigenvalue weighted by atomic mass is 15.3. The lowest BCUT2D eigenvalue weighted by molar-refractivity contribution is 0.122. The Morgan fingerprint density at radius 3 is 2.29 bits per heavy atom. The first-order chi connectivity index (χ1) is 6.47. The fraction of sp³-hybridized carbons (Fsp3) is 1.00. The Bertz CT molecular complexity index is 207. The number of nitrogens with zero attached hydrogens (tertiary/aromatic N) is 2. The monoisotopic (exact) mass is 196 g/mol. The van der Waals surface area contributed by atoms with Crippen molar-refractivity contribution in [2.75, 3.05) is 26.7 Å². The molecule has 0 aromatic carbocycles. The fourth-order valence-electron chi connectivity index (χ4n) is 2.86. The topological polar surface area (TPSA) is 6.48 Å². The Morgan fingerprint density at radius 1 is 1.00 bits per heavy atom. The molecule has 2 unspecified atom stereocenters. The van der Waals surface area contributed by atoms with E-state index in [4.69, 9.17) is 0 Å². The molecule has 2 heteroatoms. The number of hydrogen-bond acceptors (Lipinski definition) is 2. The molecule has 0 aromatic heterocycles. The van der Waals surface area contributed by atoms with Crippen molar-refractivity contribution in [1.82, 2.24) is 9.80 Å². The molecule has 3 rings (SSSR count). The molecule has 3 saturated heterocycles. The van der Waals surface area contributed by atoms with Crippen molar-refractivity contribution in [3.8, 4) is 0 Å². The lowest BCUT2D eigenvalue weighted by Gasteiger charge is -2.36. The van der Waals surface area contributed by atoms with Crippen LogP contribution < -0.4 is 0 Å². The van der Waals surface area contributed by atoms with Crippen molar-refractivity contribution in [3.05, 3.63) is 0 Å². The largest absolute Gasteiger partial charge is 0.302 e.